The molecule has 2 fully saturated rings. The maximum atomic E-state index is 13.0. The topological polar surface area (TPSA) is 53.1 Å². The molecule has 152 valence electrons. The summed E-state index contributed by atoms with van der Waals surface area (Å²) in [6, 6.07) is 14.5. The summed E-state index contributed by atoms with van der Waals surface area (Å²) in [5, 5.41) is 0.779. The number of benzene rings is 2. The summed E-state index contributed by atoms with van der Waals surface area (Å²) in [6.45, 7) is 3.98. The van der Waals surface area contributed by atoms with Crippen LogP contribution in [-0.4, -0.2) is 60.9 Å². The van der Waals surface area contributed by atoms with Gasteiger partial charge in [0.05, 0.1) is 25.3 Å². The highest BCUT2D eigenvalue weighted by Crippen LogP contribution is 2.28. The average molecular weight is 414 g/mol. The lowest BCUT2D eigenvalue weighted by molar-refractivity contribution is -0.123. The van der Waals surface area contributed by atoms with Crippen LogP contribution in [0.2, 0.25) is 5.02 Å². The van der Waals surface area contributed by atoms with Gasteiger partial charge < -0.3 is 4.74 Å². The van der Waals surface area contributed by atoms with Gasteiger partial charge in [0, 0.05) is 37.7 Å². The highest BCUT2D eigenvalue weighted by Gasteiger charge is 2.43. The van der Waals surface area contributed by atoms with Gasteiger partial charge in [-0.3, -0.25) is 19.4 Å². The van der Waals surface area contributed by atoms with E-state index in [4.69, 9.17) is 16.3 Å². The predicted octanol–water partition coefficient (Wildman–Crippen LogP) is 2.80. The van der Waals surface area contributed by atoms with Crippen LogP contribution in [0.1, 0.15) is 12.0 Å². The Labute approximate surface area is 175 Å². The Morgan fingerprint density at radius 2 is 1.69 bits per heavy atom. The van der Waals surface area contributed by atoms with Crippen molar-refractivity contribution in [1.82, 2.24) is 9.80 Å². The van der Waals surface area contributed by atoms with E-state index in [9.17, 15) is 9.59 Å². The molecule has 0 bridgehead atoms. The van der Waals surface area contributed by atoms with Crippen LogP contribution < -0.4 is 9.64 Å². The van der Waals surface area contributed by atoms with Crippen molar-refractivity contribution in [3.05, 3.63) is 59.1 Å². The molecule has 2 aliphatic heterocycles. The Hall–Kier alpha value is -2.41. The number of carbonyl (C=O) groups excluding carboxylic acids is 2. The second-order valence-corrected chi connectivity index (χ2v) is 7.80. The molecule has 2 aliphatic rings. The molecule has 0 spiro atoms. The number of amides is 2. The zero-order valence-corrected chi connectivity index (χ0v) is 17.1. The highest BCUT2D eigenvalue weighted by molar-refractivity contribution is 6.31. The summed E-state index contributed by atoms with van der Waals surface area (Å²) in [4.78, 5) is 31.3. The van der Waals surface area contributed by atoms with Gasteiger partial charge in [0.1, 0.15) is 5.75 Å². The molecule has 2 amide bonds. The van der Waals surface area contributed by atoms with Gasteiger partial charge in [0.2, 0.25) is 5.91 Å². The van der Waals surface area contributed by atoms with E-state index in [2.05, 4.69) is 9.80 Å². The molecule has 2 aromatic rings. The molecule has 6 nitrogen and oxygen atoms in total. The third-order valence-electron chi connectivity index (χ3n) is 5.65. The Morgan fingerprint density at radius 3 is 2.34 bits per heavy atom. The first-order valence-electron chi connectivity index (χ1n) is 9.77. The van der Waals surface area contributed by atoms with Crippen molar-refractivity contribution >= 4 is 29.1 Å². The van der Waals surface area contributed by atoms with Crippen LogP contribution in [0.25, 0.3) is 0 Å². The van der Waals surface area contributed by atoms with Crippen LogP contribution in [0.15, 0.2) is 48.5 Å². The first-order valence-corrected chi connectivity index (χ1v) is 10.2. The molecule has 0 radical (unpaired) electrons. The smallest absolute Gasteiger partial charge is 0.251 e. The number of rotatable bonds is 5. The molecule has 4 rings (SSSR count). The second-order valence-electron chi connectivity index (χ2n) is 7.39. The molecule has 0 N–H and O–H groups in total. The number of anilines is 1. The van der Waals surface area contributed by atoms with Crippen molar-refractivity contribution < 1.29 is 14.3 Å². The van der Waals surface area contributed by atoms with Gasteiger partial charge in [-0.05, 0) is 35.9 Å². The number of methoxy groups -OCH3 is 1. The normalized spacial score (nSPS) is 21.0. The lowest BCUT2D eigenvalue weighted by atomic mass is 10.1. The van der Waals surface area contributed by atoms with Crippen molar-refractivity contribution in [2.24, 2.45) is 0 Å². The van der Waals surface area contributed by atoms with E-state index in [-0.39, 0.29) is 24.3 Å². The monoisotopic (exact) mass is 413 g/mol. The summed E-state index contributed by atoms with van der Waals surface area (Å²) in [7, 11) is 1.59. The first kappa shape index (κ1) is 19.9. The zero-order valence-electron chi connectivity index (χ0n) is 16.4. The summed E-state index contributed by atoms with van der Waals surface area (Å²) in [6.07, 6.45) is 0.232. The Bertz CT molecular complexity index is 894. The van der Waals surface area contributed by atoms with Gasteiger partial charge in [-0.1, -0.05) is 29.8 Å². The third-order valence-corrected chi connectivity index (χ3v) is 6.02. The standard InChI is InChI=1S/C22H24ClN3O3/c1-29-18-8-6-17(7-9-18)26-21(27)14-20(22(26)28)25-12-10-24(11-13-25)15-16-4-2-3-5-19(16)23/h2-9,20H,10-15H2,1H3/t20-/m1/s1. The fourth-order valence-corrected chi connectivity index (χ4v) is 4.20. The summed E-state index contributed by atoms with van der Waals surface area (Å²) < 4.78 is 5.15. The zero-order chi connectivity index (χ0) is 20.4. The average Bonchev–Trinajstić information content (AvgIpc) is 3.04. The molecular formula is C22H24ClN3O3. The van der Waals surface area contributed by atoms with Gasteiger partial charge >= 0.3 is 0 Å². The minimum Gasteiger partial charge on any atom is -0.497 e. The van der Waals surface area contributed by atoms with Crippen LogP contribution in [-0.2, 0) is 16.1 Å². The van der Waals surface area contributed by atoms with Crippen LogP contribution in [0.4, 0.5) is 5.69 Å². The van der Waals surface area contributed by atoms with Crippen LogP contribution in [0, 0.1) is 0 Å². The van der Waals surface area contributed by atoms with Gasteiger partial charge in [0.25, 0.3) is 5.91 Å². The second kappa shape index (κ2) is 8.53. The minimum absolute atomic E-state index is 0.139. The molecule has 29 heavy (non-hydrogen) atoms. The van der Waals surface area contributed by atoms with Crippen LogP contribution in [0.5, 0.6) is 5.75 Å². The minimum atomic E-state index is -0.382. The maximum Gasteiger partial charge on any atom is 0.251 e. The first-order chi connectivity index (χ1) is 14.1. The lowest BCUT2D eigenvalue weighted by Gasteiger charge is -2.37. The highest BCUT2D eigenvalue weighted by atomic mass is 35.5. The van der Waals surface area contributed by atoms with Crippen molar-refractivity contribution in [2.45, 2.75) is 19.0 Å². The maximum absolute atomic E-state index is 13.0. The summed E-state index contributed by atoms with van der Waals surface area (Å²) in [5.74, 6) is 0.405. The molecule has 0 saturated carbocycles. The number of hydrogen-bond acceptors (Lipinski definition) is 5. The Balaban J connectivity index is 1.38. The van der Waals surface area contributed by atoms with Crippen molar-refractivity contribution in [3.8, 4) is 5.75 Å². The summed E-state index contributed by atoms with van der Waals surface area (Å²) >= 11 is 6.27. The number of imide groups is 1. The van der Waals surface area contributed by atoms with Crippen LogP contribution >= 0.6 is 11.6 Å². The molecule has 2 aromatic carbocycles. The predicted molar refractivity (Wildman–Crippen MR) is 112 cm³/mol. The quantitative estimate of drug-likeness (QED) is 0.705. The van der Waals surface area contributed by atoms with Crippen molar-refractivity contribution in [3.63, 3.8) is 0 Å². The third kappa shape index (κ3) is 4.15. The van der Waals surface area contributed by atoms with E-state index in [0.29, 0.717) is 11.4 Å². The number of nitrogens with zero attached hydrogens (tertiary/aromatic N) is 3. The molecule has 0 aliphatic carbocycles. The van der Waals surface area contributed by atoms with Gasteiger partial charge in [0.15, 0.2) is 0 Å². The van der Waals surface area contributed by atoms with Gasteiger partial charge in [-0.2, -0.15) is 0 Å². The lowest BCUT2D eigenvalue weighted by Crippen LogP contribution is -2.52. The molecule has 2 saturated heterocycles. The molecule has 7 heteroatoms. The Morgan fingerprint density at radius 1 is 1.00 bits per heavy atom. The fourth-order valence-electron chi connectivity index (χ4n) is 4.00. The molecule has 0 aromatic heterocycles. The number of halogens is 1. The molecular weight excluding hydrogens is 390 g/mol. The van der Waals surface area contributed by atoms with Crippen molar-refractivity contribution in [1.29, 1.82) is 0 Å². The number of hydrogen-bond donors (Lipinski definition) is 0. The van der Waals surface area contributed by atoms with Gasteiger partial charge in [-0.15, -0.1) is 0 Å². The number of carbonyl (C=O) groups is 2. The Kier molecular flexibility index (Phi) is 5.85. The SMILES string of the molecule is COc1ccc(N2C(=O)C[C@@H](N3CCN(Cc4ccccc4Cl)CC3)C2=O)cc1. The van der Waals surface area contributed by atoms with E-state index < -0.39 is 0 Å². The molecule has 1 atom stereocenters. The molecule has 2 heterocycles. The number of ether oxygens (including phenoxy) is 1. The van der Waals surface area contributed by atoms with E-state index in [1.165, 1.54) is 4.90 Å². The summed E-state index contributed by atoms with van der Waals surface area (Å²) in [5.41, 5.74) is 1.71. The van der Waals surface area contributed by atoms with E-state index in [1.54, 1.807) is 31.4 Å². The van der Waals surface area contributed by atoms with E-state index in [0.717, 1.165) is 43.3 Å². The van der Waals surface area contributed by atoms with Gasteiger partial charge in [-0.25, -0.2) is 4.90 Å². The van der Waals surface area contributed by atoms with Crippen LogP contribution in [0.3, 0.4) is 0 Å². The number of piperazine rings is 1. The van der Waals surface area contributed by atoms with E-state index >= 15 is 0 Å². The van der Waals surface area contributed by atoms with Crippen molar-refractivity contribution in [2.75, 3.05) is 38.2 Å². The largest absolute Gasteiger partial charge is 0.497 e. The molecule has 0 unspecified atom stereocenters. The van der Waals surface area contributed by atoms with E-state index in [1.807, 2.05) is 24.3 Å². The fraction of sp³-hybridized carbons (Fsp3) is 0.364.